The highest BCUT2D eigenvalue weighted by atomic mass is 32.2. The van der Waals surface area contributed by atoms with Crippen molar-refractivity contribution in [3.05, 3.63) is 27.8 Å². The smallest absolute Gasteiger partial charge is 0.287 e. The summed E-state index contributed by atoms with van der Waals surface area (Å²) in [5.74, 6) is -2.97. The first-order valence-corrected chi connectivity index (χ1v) is 12.6. The molecule has 192 valence electrons. The van der Waals surface area contributed by atoms with Gasteiger partial charge in [-0.3, -0.25) is 33.5 Å². The second-order valence-electron chi connectivity index (χ2n) is 8.15. The van der Waals surface area contributed by atoms with E-state index in [0.717, 1.165) is 6.07 Å². The Morgan fingerprint density at radius 1 is 1.29 bits per heavy atom. The molecule has 3 atom stereocenters. The largest absolute Gasteiger partial charge is 0.398 e. The fraction of sp³-hybridized carbons (Fsp3) is 0.524. The highest BCUT2D eigenvalue weighted by molar-refractivity contribution is 7.84. The molecule has 0 spiro atoms. The zero-order valence-corrected chi connectivity index (χ0v) is 20.4. The number of rotatable bonds is 9. The quantitative estimate of drug-likeness (QED) is 0.218. The molecule has 35 heavy (non-hydrogen) atoms. The average molecular weight is 511 g/mol. The van der Waals surface area contributed by atoms with Gasteiger partial charge < -0.3 is 22.1 Å². The summed E-state index contributed by atoms with van der Waals surface area (Å²) in [5, 5.41) is 11.2. The number of benzene rings is 1. The van der Waals surface area contributed by atoms with Gasteiger partial charge in [0.05, 0.1) is 28.3 Å². The third-order valence-corrected chi connectivity index (χ3v) is 6.61. The molecule has 2 rings (SSSR count). The summed E-state index contributed by atoms with van der Waals surface area (Å²) in [4.78, 5) is 63.1. The number of nitro groups is 1. The lowest BCUT2D eigenvalue weighted by Crippen LogP contribution is -2.55. The van der Waals surface area contributed by atoms with Crippen LogP contribution in [0.4, 0.5) is 11.4 Å². The van der Waals surface area contributed by atoms with Crippen molar-refractivity contribution in [2.75, 3.05) is 25.1 Å². The predicted octanol–water partition coefficient (Wildman–Crippen LogP) is -0.584. The lowest BCUT2D eigenvalue weighted by Gasteiger charge is -2.30. The molecular formula is C21H30N6O7S. The summed E-state index contributed by atoms with van der Waals surface area (Å²) in [6, 6.07) is 0.114. The van der Waals surface area contributed by atoms with Crippen LogP contribution in [0.1, 0.15) is 38.2 Å². The Hall–Kier alpha value is -3.23. The van der Waals surface area contributed by atoms with Crippen molar-refractivity contribution in [3.63, 3.8) is 0 Å². The van der Waals surface area contributed by atoms with Gasteiger partial charge in [-0.05, 0) is 37.3 Å². The molecule has 1 saturated heterocycles. The van der Waals surface area contributed by atoms with Gasteiger partial charge in [0.1, 0.15) is 10.9 Å². The number of nitrogens with two attached hydrogens (primary N) is 3. The van der Waals surface area contributed by atoms with E-state index in [1.807, 2.05) is 0 Å². The molecule has 4 amide bonds. The van der Waals surface area contributed by atoms with E-state index < -0.39 is 63.7 Å². The van der Waals surface area contributed by atoms with E-state index in [4.69, 9.17) is 17.2 Å². The molecule has 14 heteroatoms. The number of imide groups is 3. The number of nitrogen functional groups attached to an aromatic ring is 1. The molecule has 0 saturated carbocycles. The number of amides is 4. The number of anilines is 1. The summed E-state index contributed by atoms with van der Waals surface area (Å²) in [5.41, 5.74) is 17.3. The van der Waals surface area contributed by atoms with Crippen LogP contribution in [0.25, 0.3) is 0 Å². The molecule has 1 unspecified atom stereocenters. The SMILES string of the molecule is CCCC(=O)N(C(=O)CN)C(=O)[C@@H]1CCCN1C(=O)[C@@H](N)Cc1cc(S(C)=O)c([N+](=O)[O-])cc1N. The van der Waals surface area contributed by atoms with Gasteiger partial charge in [0, 0.05) is 31.0 Å². The van der Waals surface area contributed by atoms with E-state index in [1.54, 1.807) is 6.92 Å². The molecular weight excluding hydrogens is 480 g/mol. The molecule has 0 bridgehead atoms. The number of nitro benzene ring substituents is 1. The second kappa shape index (κ2) is 12.0. The maximum Gasteiger partial charge on any atom is 0.287 e. The van der Waals surface area contributed by atoms with Gasteiger partial charge in [-0.1, -0.05) is 6.92 Å². The Morgan fingerprint density at radius 2 is 1.94 bits per heavy atom. The fourth-order valence-corrected chi connectivity index (χ4v) is 4.69. The third-order valence-electron chi connectivity index (χ3n) is 5.66. The third kappa shape index (κ3) is 6.26. The van der Waals surface area contributed by atoms with E-state index in [-0.39, 0.29) is 36.4 Å². The van der Waals surface area contributed by atoms with Crippen LogP contribution in [0.3, 0.4) is 0 Å². The average Bonchev–Trinajstić information content (AvgIpc) is 3.29. The Balaban J connectivity index is 2.28. The van der Waals surface area contributed by atoms with E-state index in [1.165, 1.54) is 17.2 Å². The van der Waals surface area contributed by atoms with Crippen molar-refractivity contribution >= 4 is 45.8 Å². The van der Waals surface area contributed by atoms with Crippen LogP contribution >= 0.6 is 0 Å². The summed E-state index contributed by atoms with van der Waals surface area (Å²) in [7, 11) is -1.69. The molecule has 1 heterocycles. The Morgan fingerprint density at radius 3 is 2.49 bits per heavy atom. The van der Waals surface area contributed by atoms with E-state index >= 15 is 0 Å². The minimum Gasteiger partial charge on any atom is -0.398 e. The van der Waals surface area contributed by atoms with Gasteiger partial charge in [-0.2, -0.15) is 0 Å². The number of carbonyl (C=O) groups is 4. The van der Waals surface area contributed by atoms with Crippen molar-refractivity contribution in [1.29, 1.82) is 0 Å². The topological polar surface area (TPSA) is 213 Å². The van der Waals surface area contributed by atoms with Crippen molar-refractivity contribution in [2.45, 2.75) is 56.0 Å². The van der Waals surface area contributed by atoms with Gasteiger partial charge in [0.25, 0.3) is 11.6 Å². The predicted molar refractivity (Wildman–Crippen MR) is 127 cm³/mol. The van der Waals surface area contributed by atoms with Crippen LogP contribution in [0.5, 0.6) is 0 Å². The standard InChI is InChI=1S/C21H30N6O7S/c1-3-5-18(28)26(19(29)11-22)21(31)15-6-4-7-25(15)20(30)14(24)8-12-9-17(35(2)34)16(27(32)33)10-13(12)23/h9-10,14-15H,3-8,11,22-24H2,1-2H3/t14-,15-,35?/m0/s1. The highest BCUT2D eigenvalue weighted by Crippen LogP contribution is 2.29. The van der Waals surface area contributed by atoms with Gasteiger partial charge >= 0.3 is 0 Å². The van der Waals surface area contributed by atoms with Crippen molar-refractivity contribution in [3.8, 4) is 0 Å². The normalized spacial score (nSPS) is 17.0. The molecule has 0 aliphatic carbocycles. The Bertz CT molecular complexity index is 1060. The monoisotopic (exact) mass is 510 g/mol. The van der Waals surface area contributed by atoms with Crippen LogP contribution in [-0.4, -0.2) is 74.0 Å². The highest BCUT2D eigenvalue weighted by Gasteiger charge is 2.41. The number of carbonyl (C=O) groups excluding carboxylic acids is 4. The maximum absolute atomic E-state index is 13.2. The molecule has 1 aliphatic heterocycles. The minimum atomic E-state index is -1.69. The molecule has 1 fully saturated rings. The Kier molecular flexibility index (Phi) is 9.56. The van der Waals surface area contributed by atoms with Crippen LogP contribution in [0.15, 0.2) is 17.0 Å². The van der Waals surface area contributed by atoms with Crippen molar-refractivity contribution in [2.24, 2.45) is 11.5 Å². The van der Waals surface area contributed by atoms with E-state index in [2.05, 4.69) is 0 Å². The van der Waals surface area contributed by atoms with Gasteiger partial charge in [-0.15, -0.1) is 0 Å². The van der Waals surface area contributed by atoms with Crippen LogP contribution in [0, 0.1) is 10.1 Å². The zero-order valence-electron chi connectivity index (χ0n) is 19.6. The Labute approximate surface area is 204 Å². The molecule has 1 aliphatic rings. The van der Waals surface area contributed by atoms with Crippen molar-refractivity contribution < 1.29 is 28.3 Å². The van der Waals surface area contributed by atoms with Gasteiger partial charge in [-0.25, -0.2) is 4.90 Å². The summed E-state index contributed by atoms with van der Waals surface area (Å²) < 4.78 is 12.0. The summed E-state index contributed by atoms with van der Waals surface area (Å²) in [6.07, 6.45) is 2.23. The van der Waals surface area contributed by atoms with Crippen LogP contribution in [-0.2, 0) is 36.4 Å². The lowest BCUT2D eigenvalue weighted by molar-refractivity contribution is -0.387. The van der Waals surface area contributed by atoms with Crippen LogP contribution < -0.4 is 17.2 Å². The first kappa shape index (κ1) is 28.0. The molecule has 0 aromatic heterocycles. The number of likely N-dealkylation sites (tertiary alicyclic amines) is 1. The first-order chi connectivity index (χ1) is 16.4. The molecule has 0 radical (unpaired) electrons. The van der Waals surface area contributed by atoms with Crippen molar-refractivity contribution in [1.82, 2.24) is 9.80 Å². The molecule has 13 nitrogen and oxygen atoms in total. The van der Waals surface area contributed by atoms with Gasteiger partial charge in [0.2, 0.25) is 17.7 Å². The second-order valence-corrected chi connectivity index (χ2v) is 9.49. The number of hydrogen-bond donors (Lipinski definition) is 3. The molecule has 1 aromatic rings. The zero-order chi connectivity index (χ0) is 26.4. The summed E-state index contributed by atoms with van der Waals surface area (Å²) >= 11 is 0. The van der Waals surface area contributed by atoms with E-state index in [9.17, 15) is 33.5 Å². The first-order valence-electron chi connectivity index (χ1n) is 11.0. The molecule has 6 N–H and O–H groups in total. The lowest BCUT2D eigenvalue weighted by atomic mass is 10.0. The minimum absolute atomic E-state index is 0.00748. The molecule has 1 aromatic carbocycles. The van der Waals surface area contributed by atoms with E-state index in [0.29, 0.717) is 23.3 Å². The maximum atomic E-state index is 13.2. The number of hydrogen-bond acceptors (Lipinski definition) is 10. The number of nitrogens with zero attached hydrogens (tertiary/aromatic N) is 3. The fourth-order valence-electron chi connectivity index (χ4n) is 3.95. The summed E-state index contributed by atoms with van der Waals surface area (Å²) in [6.45, 7) is 1.37. The van der Waals surface area contributed by atoms with Crippen LogP contribution in [0.2, 0.25) is 0 Å². The van der Waals surface area contributed by atoms with Gasteiger partial charge in [0.15, 0.2) is 0 Å².